The number of nitrogens with zero attached hydrogens (tertiary/aromatic N) is 2. The van der Waals surface area contributed by atoms with Crippen molar-refractivity contribution in [2.45, 2.75) is 64.0 Å². The van der Waals surface area contributed by atoms with Crippen molar-refractivity contribution >= 4 is 23.4 Å². The predicted octanol–water partition coefficient (Wildman–Crippen LogP) is 4.72. The Balaban J connectivity index is 1.66. The molecule has 0 radical (unpaired) electrons. The summed E-state index contributed by atoms with van der Waals surface area (Å²) in [6.07, 6.45) is 5.36. The molecule has 1 heterocycles. The first kappa shape index (κ1) is 23.0. The van der Waals surface area contributed by atoms with Crippen LogP contribution < -0.4 is 9.64 Å². The van der Waals surface area contributed by atoms with Crippen molar-refractivity contribution in [3.8, 4) is 5.75 Å². The molecular formula is C26H29FN2O4. The van der Waals surface area contributed by atoms with Gasteiger partial charge in [0.2, 0.25) is 5.91 Å². The molecule has 3 amide bonds. The van der Waals surface area contributed by atoms with Crippen LogP contribution in [0.3, 0.4) is 0 Å². The van der Waals surface area contributed by atoms with Gasteiger partial charge in [-0.1, -0.05) is 37.8 Å². The van der Waals surface area contributed by atoms with Crippen LogP contribution in [0.25, 0.3) is 0 Å². The first-order valence-electron chi connectivity index (χ1n) is 11.7. The Kier molecular flexibility index (Phi) is 7.06. The van der Waals surface area contributed by atoms with Crippen LogP contribution in [0, 0.1) is 5.82 Å². The van der Waals surface area contributed by atoms with Crippen molar-refractivity contribution in [1.82, 2.24) is 4.90 Å². The topological polar surface area (TPSA) is 66.9 Å². The first-order chi connectivity index (χ1) is 16.0. The minimum absolute atomic E-state index is 0.0680. The molecule has 2 aromatic rings. The molecule has 0 spiro atoms. The fourth-order valence-corrected chi connectivity index (χ4v) is 4.83. The molecule has 1 unspecified atom stereocenters. The first-order valence-corrected chi connectivity index (χ1v) is 11.7. The van der Waals surface area contributed by atoms with E-state index in [2.05, 4.69) is 0 Å². The number of hydrogen-bond donors (Lipinski definition) is 0. The number of anilines is 1. The Morgan fingerprint density at radius 3 is 2.33 bits per heavy atom. The molecule has 1 aliphatic heterocycles. The second-order valence-electron chi connectivity index (χ2n) is 8.55. The van der Waals surface area contributed by atoms with E-state index in [-0.39, 0.29) is 23.9 Å². The minimum atomic E-state index is -0.945. The lowest BCUT2D eigenvalue weighted by Gasteiger charge is -2.35. The molecule has 0 bridgehead atoms. The molecule has 1 saturated carbocycles. The van der Waals surface area contributed by atoms with E-state index in [1.54, 1.807) is 30.3 Å². The van der Waals surface area contributed by atoms with Gasteiger partial charge in [0.05, 0.1) is 24.3 Å². The van der Waals surface area contributed by atoms with Crippen LogP contribution in [0.2, 0.25) is 0 Å². The van der Waals surface area contributed by atoms with Gasteiger partial charge in [-0.25, -0.2) is 9.29 Å². The van der Waals surface area contributed by atoms with E-state index in [0.29, 0.717) is 18.0 Å². The summed E-state index contributed by atoms with van der Waals surface area (Å²) in [7, 11) is 0. The van der Waals surface area contributed by atoms with Crippen LogP contribution in [0.5, 0.6) is 5.75 Å². The third kappa shape index (κ3) is 4.77. The summed E-state index contributed by atoms with van der Waals surface area (Å²) < 4.78 is 20.0. The smallest absolute Gasteiger partial charge is 0.257 e. The molecule has 2 fully saturated rings. The molecular weight excluding hydrogens is 423 g/mol. The number of carbonyl (C=O) groups is 3. The van der Waals surface area contributed by atoms with Crippen LogP contribution in [-0.2, 0) is 9.59 Å². The van der Waals surface area contributed by atoms with Crippen molar-refractivity contribution < 1.29 is 23.5 Å². The number of halogens is 1. The third-order valence-electron chi connectivity index (χ3n) is 6.42. The van der Waals surface area contributed by atoms with Gasteiger partial charge >= 0.3 is 0 Å². The molecule has 1 atom stereocenters. The Labute approximate surface area is 193 Å². The Morgan fingerprint density at radius 2 is 1.70 bits per heavy atom. The SMILES string of the molecule is CCOc1ccc(N2C(=O)CC(N(C(=O)c3ccccc3F)C3CCCCCC3)C2=O)cc1. The minimum Gasteiger partial charge on any atom is -0.494 e. The highest BCUT2D eigenvalue weighted by Crippen LogP contribution is 2.32. The van der Waals surface area contributed by atoms with Gasteiger partial charge in [-0.05, 0) is 56.2 Å². The molecule has 0 N–H and O–H groups in total. The van der Waals surface area contributed by atoms with Gasteiger partial charge in [-0.2, -0.15) is 0 Å². The Morgan fingerprint density at radius 1 is 1.03 bits per heavy atom. The molecule has 0 aromatic heterocycles. The monoisotopic (exact) mass is 452 g/mol. The van der Waals surface area contributed by atoms with Gasteiger partial charge in [0.1, 0.15) is 17.6 Å². The van der Waals surface area contributed by atoms with Gasteiger partial charge in [0.25, 0.3) is 11.8 Å². The highest BCUT2D eigenvalue weighted by atomic mass is 19.1. The molecule has 6 nitrogen and oxygen atoms in total. The molecule has 2 aliphatic rings. The molecule has 33 heavy (non-hydrogen) atoms. The largest absolute Gasteiger partial charge is 0.494 e. The van der Waals surface area contributed by atoms with Crippen LogP contribution in [0.1, 0.15) is 62.2 Å². The second kappa shape index (κ2) is 10.1. The zero-order valence-corrected chi connectivity index (χ0v) is 18.8. The summed E-state index contributed by atoms with van der Waals surface area (Å²) in [5, 5.41) is 0. The van der Waals surface area contributed by atoms with Crippen molar-refractivity contribution in [1.29, 1.82) is 0 Å². The van der Waals surface area contributed by atoms with E-state index in [1.807, 2.05) is 6.92 Å². The lowest BCUT2D eigenvalue weighted by Crippen LogP contribution is -2.51. The van der Waals surface area contributed by atoms with E-state index in [4.69, 9.17) is 4.74 Å². The Bertz CT molecular complexity index is 1020. The number of benzene rings is 2. The average Bonchev–Trinajstić information content (AvgIpc) is 2.98. The van der Waals surface area contributed by atoms with E-state index in [1.165, 1.54) is 23.1 Å². The molecule has 174 valence electrons. The molecule has 7 heteroatoms. The second-order valence-corrected chi connectivity index (χ2v) is 8.55. The van der Waals surface area contributed by atoms with Crippen molar-refractivity contribution in [3.63, 3.8) is 0 Å². The van der Waals surface area contributed by atoms with Crippen molar-refractivity contribution in [3.05, 3.63) is 59.9 Å². The van der Waals surface area contributed by atoms with Crippen LogP contribution >= 0.6 is 0 Å². The Hall–Kier alpha value is -3.22. The number of amides is 3. The zero-order valence-electron chi connectivity index (χ0n) is 18.8. The predicted molar refractivity (Wildman–Crippen MR) is 123 cm³/mol. The fourth-order valence-electron chi connectivity index (χ4n) is 4.83. The standard InChI is InChI=1S/C26H29FN2O4/c1-2-33-20-15-13-19(14-16-20)29-24(30)17-23(26(29)32)28(18-9-5-3-4-6-10-18)25(31)21-11-7-8-12-22(21)27/h7-8,11-16,18,23H,2-6,9-10,17H2,1H3. The number of rotatable bonds is 6. The number of carbonyl (C=O) groups excluding carboxylic acids is 3. The lowest BCUT2D eigenvalue weighted by atomic mass is 10.0. The van der Waals surface area contributed by atoms with Crippen LogP contribution in [0.15, 0.2) is 48.5 Å². The van der Waals surface area contributed by atoms with E-state index in [9.17, 15) is 18.8 Å². The highest BCUT2D eigenvalue weighted by molar-refractivity contribution is 6.23. The third-order valence-corrected chi connectivity index (χ3v) is 6.42. The summed E-state index contributed by atoms with van der Waals surface area (Å²) in [6, 6.07) is 11.4. The maximum Gasteiger partial charge on any atom is 0.257 e. The molecule has 1 saturated heterocycles. The fraction of sp³-hybridized carbons (Fsp3) is 0.423. The summed E-state index contributed by atoms with van der Waals surface area (Å²) in [5.74, 6) is -1.32. The number of imide groups is 1. The summed E-state index contributed by atoms with van der Waals surface area (Å²) in [6.45, 7) is 2.39. The maximum atomic E-state index is 14.5. The molecule has 2 aromatic carbocycles. The highest BCUT2D eigenvalue weighted by Gasteiger charge is 2.46. The summed E-state index contributed by atoms with van der Waals surface area (Å²) in [5.41, 5.74) is 0.372. The zero-order chi connectivity index (χ0) is 23.4. The summed E-state index contributed by atoms with van der Waals surface area (Å²) in [4.78, 5) is 42.7. The molecule has 1 aliphatic carbocycles. The quantitative estimate of drug-likeness (QED) is 0.470. The molecule has 4 rings (SSSR count). The summed E-state index contributed by atoms with van der Waals surface area (Å²) >= 11 is 0. The maximum absolute atomic E-state index is 14.5. The van der Waals surface area contributed by atoms with Gasteiger partial charge < -0.3 is 9.64 Å². The number of ether oxygens (including phenoxy) is 1. The normalized spacial score (nSPS) is 19.5. The van der Waals surface area contributed by atoms with E-state index >= 15 is 0 Å². The van der Waals surface area contributed by atoms with Crippen LogP contribution in [0.4, 0.5) is 10.1 Å². The average molecular weight is 453 g/mol. The van der Waals surface area contributed by atoms with E-state index < -0.39 is 23.7 Å². The van der Waals surface area contributed by atoms with E-state index in [0.717, 1.165) is 43.4 Å². The van der Waals surface area contributed by atoms with Crippen LogP contribution in [-0.4, -0.2) is 41.3 Å². The van der Waals surface area contributed by atoms with Crippen molar-refractivity contribution in [2.75, 3.05) is 11.5 Å². The van der Waals surface area contributed by atoms with Gasteiger partial charge in [0.15, 0.2) is 0 Å². The van der Waals surface area contributed by atoms with Crippen molar-refractivity contribution in [2.24, 2.45) is 0 Å². The lowest BCUT2D eigenvalue weighted by molar-refractivity contribution is -0.123. The van der Waals surface area contributed by atoms with Gasteiger partial charge in [-0.15, -0.1) is 0 Å². The van der Waals surface area contributed by atoms with Gasteiger partial charge in [0, 0.05) is 6.04 Å². The number of hydrogen-bond acceptors (Lipinski definition) is 4. The van der Waals surface area contributed by atoms with Gasteiger partial charge in [-0.3, -0.25) is 14.4 Å².